The van der Waals surface area contributed by atoms with Crippen molar-refractivity contribution in [3.63, 3.8) is 0 Å². The summed E-state index contributed by atoms with van der Waals surface area (Å²) in [4.78, 5) is 24.8. The molecule has 138 valence electrons. The summed E-state index contributed by atoms with van der Waals surface area (Å²) >= 11 is 13.2. The largest absolute Gasteiger partial charge is 0.452 e. The number of nitrogens with one attached hydrogen (secondary N) is 1. The lowest BCUT2D eigenvalue weighted by Gasteiger charge is -2.14. The Labute approximate surface area is 167 Å². The highest BCUT2D eigenvalue weighted by Gasteiger charge is 2.18. The first-order chi connectivity index (χ1) is 12.4. The Balaban J connectivity index is 1.83. The zero-order valence-corrected chi connectivity index (χ0v) is 16.8. The molecule has 1 atom stereocenters. The van der Waals surface area contributed by atoms with E-state index < -0.39 is 12.1 Å². The van der Waals surface area contributed by atoms with E-state index in [2.05, 4.69) is 12.2 Å². The van der Waals surface area contributed by atoms with E-state index in [1.807, 2.05) is 24.3 Å². The van der Waals surface area contributed by atoms with Gasteiger partial charge in [-0.25, -0.2) is 0 Å². The lowest BCUT2D eigenvalue weighted by atomic mass is 10.1. The summed E-state index contributed by atoms with van der Waals surface area (Å²) < 4.78 is 5.17. The molecule has 7 heteroatoms. The van der Waals surface area contributed by atoms with Crippen molar-refractivity contribution in [1.29, 1.82) is 0 Å². The molecule has 0 aliphatic heterocycles. The molecular formula is C19H19Cl2NO3S. The summed E-state index contributed by atoms with van der Waals surface area (Å²) in [5.41, 5.74) is 1.84. The van der Waals surface area contributed by atoms with Gasteiger partial charge in [0.05, 0.1) is 10.8 Å². The van der Waals surface area contributed by atoms with Gasteiger partial charge in [-0.1, -0.05) is 42.3 Å². The van der Waals surface area contributed by atoms with Crippen LogP contribution in [0.25, 0.3) is 0 Å². The molecule has 0 fully saturated rings. The van der Waals surface area contributed by atoms with Crippen LogP contribution in [0.2, 0.25) is 10.0 Å². The van der Waals surface area contributed by atoms with Gasteiger partial charge in [-0.3, -0.25) is 9.59 Å². The van der Waals surface area contributed by atoms with Gasteiger partial charge in [-0.2, -0.15) is 0 Å². The van der Waals surface area contributed by atoms with Crippen LogP contribution in [0.15, 0.2) is 47.4 Å². The second kappa shape index (κ2) is 9.86. The van der Waals surface area contributed by atoms with Crippen molar-refractivity contribution >= 4 is 52.5 Å². The van der Waals surface area contributed by atoms with Crippen LogP contribution < -0.4 is 5.32 Å². The molecule has 0 saturated heterocycles. The minimum Gasteiger partial charge on any atom is -0.452 e. The molecule has 4 nitrogen and oxygen atoms in total. The predicted molar refractivity (Wildman–Crippen MR) is 107 cm³/mol. The van der Waals surface area contributed by atoms with Crippen molar-refractivity contribution in [3.8, 4) is 0 Å². The number of benzene rings is 2. The van der Waals surface area contributed by atoms with Crippen molar-refractivity contribution in [2.45, 2.75) is 31.3 Å². The maximum absolute atomic E-state index is 12.1. The predicted octanol–water partition coefficient (Wildman–Crippen LogP) is 5.22. The number of amides is 1. The molecule has 2 aromatic rings. The minimum absolute atomic E-state index is 0.0306. The van der Waals surface area contributed by atoms with Crippen LogP contribution in [0.5, 0.6) is 0 Å². The molecule has 0 spiro atoms. The topological polar surface area (TPSA) is 55.4 Å². The van der Waals surface area contributed by atoms with E-state index in [-0.39, 0.29) is 11.7 Å². The van der Waals surface area contributed by atoms with Crippen LogP contribution in [0.4, 0.5) is 5.69 Å². The maximum Gasteiger partial charge on any atom is 0.317 e. The first kappa shape index (κ1) is 20.6. The van der Waals surface area contributed by atoms with Crippen molar-refractivity contribution in [2.75, 3.05) is 11.1 Å². The monoisotopic (exact) mass is 411 g/mol. The lowest BCUT2D eigenvalue weighted by Crippen LogP contribution is -2.30. The molecule has 0 radical (unpaired) electrons. The number of carbonyl (C=O) groups excluding carboxylic acids is 2. The van der Waals surface area contributed by atoms with Gasteiger partial charge < -0.3 is 10.1 Å². The van der Waals surface area contributed by atoms with Gasteiger partial charge in [0.25, 0.3) is 5.91 Å². The number of anilines is 1. The Morgan fingerprint density at radius 1 is 1.15 bits per heavy atom. The molecule has 0 aliphatic carbocycles. The molecule has 26 heavy (non-hydrogen) atoms. The summed E-state index contributed by atoms with van der Waals surface area (Å²) in [5.74, 6) is -0.855. The van der Waals surface area contributed by atoms with Crippen molar-refractivity contribution < 1.29 is 14.3 Å². The number of hydrogen-bond acceptors (Lipinski definition) is 4. The first-order valence-corrected chi connectivity index (χ1v) is 9.80. The number of hydrogen-bond donors (Lipinski definition) is 1. The fourth-order valence-electron chi connectivity index (χ4n) is 2.08. The zero-order valence-electron chi connectivity index (χ0n) is 14.4. The number of aryl methyl sites for hydroxylation is 1. The van der Waals surface area contributed by atoms with Gasteiger partial charge in [-0.05, 0) is 49.2 Å². The standard InChI is InChI=1S/C19H19Cl2NO3S/c1-3-13-4-7-15(8-5-13)22-19(24)12(2)25-18(23)11-26-17-10-14(20)6-9-16(17)21/h4-10,12H,3,11H2,1-2H3,(H,22,24)/t12-/m0/s1. The molecule has 0 saturated carbocycles. The Morgan fingerprint density at radius 3 is 2.50 bits per heavy atom. The Bertz CT molecular complexity index is 781. The second-order valence-corrected chi connectivity index (χ2v) is 7.40. The van der Waals surface area contributed by atoms with Gasteiger partial charge >= 0.3 is 5.97 Å². The lowest BCUT2D eigenvalue weighted by molar-refractivity contribution is -0.150. The van der Waals surface area contributed by atoms with Crippen molar-refractivity contribution in [3.05, 3.63) is 58.1 Å². The number of thioether (sulfide) groups is 1. The number of halogens is 2. The average Bonchev–Trinajstić information content (AvgIpc) is 2.63. The highest BCUT2D eigenvalue weighted by Crippen LogP contribution is 2.29. The molecular weight excluding hydrogens is 393 g/mol. The SMILES string of the molecule is CCc1ccc(NC(=O)[C@H](C)OC(=O)CSc2cc(Cl)ccc2Cl)cc1. The van der Waals surface area contributed by atoms with Crippen LogP contribution in [0, 0.1) is 0 Å². The maximum atomic E-state index is 12.1. The summed E-state index contributed by atoms with van der Waals surface area (Å²) in [6.07, 6.45) is 0.0279. The van der Waals surface area contributed by atoms with Gasteiger partial charge in [0.15, 0.2) is 6.10 Å². The van der Waals surface area contributed by atoms with Crippen LogP contribution in [-0.4, -0.2) is 23.7 Å². The quantitative estimate of drug-likeness (QED) is 0.501. The van der Waals surface area contributed by atoms with Crippen LogP contribution in [-0.2, 0) is 20.7 Å². The van der Waals surface area contributed by atoms with E-state index >= 15 is 0 Å². The third-order valence-corrected chi connectivity index (χ3v) is 5.25. The second-order valence-electron chi connectivity index (χ2n) is 5.54. The Kier molecular flexibility index (Phi) is 7.82. The number of rotatable bonds is 7. The molecule has 0 unspecified atom stereocenters. The van der Waals surface area contributed by atoms with Gasteiger partial charge in [0.1, 0.15) is 0 Å². The van der Waals surface area contributed by atoms with E-state index in [0.717, 1.165) is 6.42 Å². The number of esters is 1. The van der Waals surface area contributed by atoms with Crippen molar-refractivity contribution in [1.82, 2.24) is 0 Å². The molecule has 0 bridgehead atoms. The minimum atomic E-state index is -0.899. The van der Waals surface area contributed by atoms with Crippen LogP contribution in [0.3, 0.4) is 0 Å². The molecule has 2 aromatic carbocycles. The fraction of sp³-hybridized carbons (Fsp3) is 0.263. The smallest absolute Gasteiger partial charge is 0.317 e. The molecule has 1 N–H and O–H groups in total. The highest BCUT2D eigenvalue weighted by molar-refractivity contribution is 8.00. The average molecular weight is 412 g/mol. The third kappa shape index (κ3) is 6.24. The fourth-order valence-corrected chi connectivity index (χ4v) is 3.35. The van der Waals surface area contributed by atoms with Crippen LogP contribution >= 0.6 is 35.0 Å². The summed E-state index contributed by atoms with van der Waals surface area (Å²) in [7, 11) is 0. The zero-order chi connectivity index (χ0) is 19.1. The van der Waals surface area contributed by atoms with E-state index in [9.17, 15) is 9.59 Å². The van der Waals surface area contributed by atoms with E-state index in [4.69, 9.17) is 27.9 Å². The highest BCUT2D eigenvalue weighted by atomic mass is 35.5. The third-order valence-electron chi connectivity index (χ3n) is 3.55. The van der Waals surface area contributed by atoms with Gasteiger partial charge in [0.2, 0.25) is 0 Å². The molecule has 1 amide bonds. The molecule has 2 rings (SSSR count). The summed E-state index contributed by atoms with van der Waals surface area (Å²) in [6, 6.07) is 12.5. The molecule has 0 heterocycles. The number of ether oxygens (including phenoxy) is 1. The van der Waals surface area contributed by atoms with Gasteiger partial charge in [-0.15, -0.1) is 11.8 Å². The normalized spacial score (nSPS) is 11.7. The van der Waals surface area contributed by atoms with Crippen LogP contribution in [0.1, 0.15) is 19.4 Å². The van der Waals surface area contributed by atoms with E-state index in [1.165, 1.54) is 24.2 Å². The van der Waals surface area contributed by atoms with E-state index in [0.29, 0.717) is 20.6 Å². The first-order valence-electron chi connectivity index (χ1n) is 8.06. The van der Waals surface area contributed by atoms with Gasteiger partial charge in [0, 0.05) is 15.6 Å². The summed E-state index contributed by atoms with van der Waals surface area (Å²) in [6.45, 7) is 3.59. The molecule has 0 aromatic heterocycles. The molecule has 0 aliphatic rings. The van der Waals surface area contributed by atoms with Crippen molar-refractivity contribution in [2.24, 2.45) is 0 Å². The Hall–Kier alpha value is -1.69. The Morgan fingerprint density at radius 2 is 1.85 bits per heavy atom. The summed E-state index contributed by atoms with van der Waals surface area (Å²) in [5, 5.41) is 3.77. The number of carbonyl (C=O) groups is 2. The van der Waals surface area contributed by atoms with E-state index in [1.54, 1.807) is 18.2 Å².